The van der Waals surface area contributed by atoms with Gasteiger partial charge in [-0.1, -0.05) is 53.3 Å². The third kappa shape index (κ3) is 7.51. The van der Waals surface area contributed by atoms with Crippen LogP contribution in [0.25, 0.3) is 6.08 Å². The van der Waals surface area contributed by atoms with Gasteiger partial charge in [0, 0.05) is 0 Å². The van der Waals surface area contributed by atoms with Gasteiger partial charge >= 0.3 is 11.9 Å². The Morgan fingerprint density at radius 1 is 0.915 bits per heavy atom. The molecule has 0 N–H and O–H groups in total. The molecule has 1 aromatic heterocycles. The number of benzene rings is 3. The van der Waals surface area contributed by atoms with Gasteiger partial charge in [-0.15, -0.1) is 0 Å². The Bertz CT molecular complexity index is 2010. The normalized spacial score (nSPS) is 14.3. The van der Waals surface area contributed by atoms with Gasteiger partial charge in [-0.25, -0.2) is 14.6 Å². The van der Waals surface area contributed by atoms with Gasteiger partial charge in [-0.05, 0) is 104 Å². The zero-order valence-electron chi connectivity index (χ0n) is 26.8. The fourth-order valence-electron chi connectivity index (χ4n) is 5.19. The van der Waals surface area contributed by atoms with Crippen LogP contribution in [0.5, 0.6) is 11.5 Å². The Labute approximate surface area is 290 Å². The summed E-state index contributed by atoms with van der Waals surface area (Å²) in [6.45, 7) is 10.4. The van der Waals surface area contributed by atoms with Crippen molar-refractivity contribution in [1.82, 2.24) is 4.57 Å². The van der Waals surface area contributed by atoms with Crippen LogP contribution in [0.1, 0.15) is 66.3 Å². The lowest BCUT2D eigenvalue weighted by atomic mass is 9.95. The summed E-state index contributed by atoms with van der Waals surface area (Å²) < 4.78 is 25.5. The van der Waals surface area contributed by atoms with Crippen molar-refractivity contribution >= 4 is 51.9 Å². The van der Waals surface area contributed by atoms with Gasteiger partial charge < -0.3 is 18.9 Å². The average molecular weight is 767 g/mol. The van der Waals surface area contributed by atoms with Crippen LogP contribution in [0.3, 0.4) is 0 Å². The van der Waals surface area contributed by atoms with Gasteiger partial charge in [0.2, 0.25) is 0 Å². The van der Waals surface area contributed by atoms with E-state index in [0.29, 0.717) is 50.9 Å². The van der Waals surface area contributed by atoms with E-state index in [-0.39, 0.29) is 24.7 Å². The number of nitrogens with zero attached hydrogens (tertiary/aromatic N) is 2. The highest BCUT2D eigenvalue weighted by Gasteiger charge is 2.33. The number of halogens is 1. The summed E-state index contributed by atoms with van der Waals surface area (Å²) in [7, 11) is 0. The number of esters is 2. The molecule has 244 valence electrons. The number of thiazole rings is 1. The molecule has 1 aliphatic rings. The van der Waals surface area contributed by atoms with Gasteiger partial charge in [0.15, 0.2) is 16.3 Å². The lowest BCUT2D eigenvalue weighted by Crippen LogP contribution is -2.39. The highest BCUT2D eigenvalue weighted by molar-refractivity contribution is 14.1. The van der Waals surface area contributed by atoms with Gasteiger partial charge in [-0.2, -0.15) is 0 Å². The predicted octanol–water partition coefficient (Wildman–Crippen LogP) is 5.87. The van der Waals surface area contributed by atoms with E-state index in [9.17, 15) is 14.4 Å². The van der Waals surface area contributed by atoms with Crippen molar-refractivity contribution in [3.63, 3.8) is 0 Å². The first kappa shape index (κ1) is 34.1. The summed E-state index contributed by atoms with van der Waals surface area (Å²) >= 11 is 3.46. The third-order valence-electron chi connectivity index (χ3n) is 7.39. The number of ether oxygens (including phenoxy) is 4. The van der Waals surface area contributed by atoms with Gasteiger partial charge in [0.1, 0.15) is 6.61 Å². The van der Waals surface area contributed by atoms with E-state index in [0.717, 1.165) is 25.8 Å². The highest BCUT2D eigenvalue weighted by Crippen LogP contribution is 2.35. The van der Waals surface area contributed by atoms with E-state index < -0.39 is 12.0 Å². The SMILES string of the molecule is CCOC(=O)C1=C(C)N=c2s/c(=C\c3cc(I)c(OCc4ccc(C(=O)OCC)cc4)c(OCC)c3)c(=O)n2[C@H]1c1ccc(C)cc1. The zero-order chi connectivity index (χ0) is 33.7. The third-order valence-corrected chi connectivity index (χ3v) is 9.17. The minimum absolute atomic E-state index is 0.211. The molecular formula is C36H35IN2O7S. The molecule has 1 aliphatic heterocycles. The maximum Gasteiger partial charge on any atom is 0.338 e. The Balaban J connectivity index is 1.50. The van der Waals surface area contributed by atoms with Crippen molar-refractivity contribution in [1.29, 1.82) is 0 Å². The summed E-state index contributed by atoms with van der Waals surface area (Å²) in [5.74, 6) is 0.264. The van der Waals surface area contributed by atoms with Crippen LogP contribution in [0.4, 0.5) is 0 Å². The first-order valence-electron chi connectivity index (χ1n) is 15.3. The fourth-order valence-corrected chi connectivity index (χ4v) is 7.02. The molecule has 0 spiro atoms. The maximum absolute atomic E-state index is 14.0. The predicted molar refractivity (Wildman–Crippen MR) is 189 cm³/mol. The molecule has 0 unspecified atom stereocenters. The first-order chi connectivity index (χ1) is 22.6. The largest absolute Gasteiger partial charge is 0.490 e. The van der Waals surface area contributed by atoms with Crippen molar-refractivity contribution in [2.75, 3.05) is 19.8 Å². The quantitative estimate of drug-likeness (QED) is 0.139. The van der Waals surface area contributed by atoms with E-state index in [1.165, 1.54) is 11.3 Å². The standard InChI is InChI=1S/C36H35IN2O7S/c1-6-43-28-18-24(17-27(37)32(28)46-20-23-11-15-26(16-12-23)34(41)44-7-2)19-29-33(40)39-31(25-13-9-21(4)10-14-25)30(35(42)45-8-3)22(5)38-36(39)47-29/h9-19,31H,6-8,20H2,1-5H3/b29-19-/t31-/m0/s1. The lowest BCUT2D eigenvalue weighted by molar-refractivity contribution is -0.139. The van der Waals surface area contributed by atoms with Crippen molar-refractivity contribution in [3.05, 3.63) is 123 Å². The number of aromatic nitrogens is 1. The van der Waals surface area contributed by atoms with Crippen LogP contribution in [-0.4, -0.2) is 36.3 Å². The van der Waals surface area contributed by atoms with Gasteiger partial charge in [-0.3, -0.25) is 9.36 Å². The number of hydrogen-bond donors (Lipinski definition) is 0. The second-order valence-corrected chi connectivity index (χ2v) is 12.9. The van der Waals surface area contributed by atoms with Crippen molar-refractivity contribution in [3.8, 4) is 11.5 Å². The van der Waals surface area contributed by atoms with Crippen LogP contribution in [0.2, 0.25) is 0 Å². The maximum atomic E-state index is 14.0. The molecule has 0 aliphatic carbocycles. The molecule has 1 atom stereocenters. The van der Waals surface area contributed by atoms with E-state index in [1.54, 1.807) is 37.5 Å². The molecular weight excluding hydrogens is 731 g/mol. The summed E-state index contributed by atoms with van der Waals surface area (Å²) in [6.07, 6.45) is 1.81. The summed E-state index contributed by atoms with van der Waals surface area (Å²) in [4.78, 5) is 44.4. The minimum atomic E-state index is -0.672. The Hall–Kier alpha value is -4.23. The van der Waals surface area contributed by atoms with E-state index in [2.05, 4.69) is 27.6 Å². The molecule has 0 amide bonds. The molecule has 0 bridgehead atoms. The molecule has 11 heteroatoms. The lowest BCUT2D eigenvalue weighted by Gasteiger charge is -2.24. The number of hydrogen-bond acceptors (Lipinski definition) is 9. The number of carbonyl (C=O) groups is 2. The first-order valence-corrected chi connectivity index (χ1v) is 17.2. The van der Waals surface area contributed by atoms with Gasteiger partial charge in [0.05, 0.1) is 50.8 Å². The summed E-state index contributed by atoms with van der Waals surface area (Å²) in [6, 6.07) is 18.0. The number of rotatable bonds is 11. The van der Waals surface area contributed by atoms with Crippen molar-refractivity contribution in [2.24, 2.45) is 4.99 Å². The van der Waals surface area contributed by atoms with Crippen molar-refractivity contribution in [2.45, 2.75) is 47.3 Å². The zero-order valence-corrected chi connectivity index (χ0v) is 29.8. The average Bonchev–Trinajstić information content (AvgIpc) is 3.34. The molecule has 0 fully saturated rings. The van der Waals surface area contributed by atoms with Crippen LogP contribution in [0, 0.1) is 10.5 Å². The van der Waals surface area contributed by atoms with E-state index >= 15 is 0 Å². The Morgan fingerprint density at radius 3 is 2.26 bits per heavy atom. The van der Waals surface area contributed by atoms with Crippen LogP contribution in [0.15, 0.2) is 81.7 Å². The van der Waals surface area contributed by atoms with E-state index in [1.807, 2.05) is 68.5 Å². The summed E-state index contributed by atoms with van der Waals surface area (Å²) in [5.41, 5.74) is 4.58. The monoisotopic (exact) mass is 766 g/mol. The highest BCUT2D eigenvalue weighted by atomic mass is 127. The minimum Gasteiger partial charge on any atom is -0.490 e. The number of carbonyl (C=O) groups excluding carboxylic acids is 2. The number of fused-ring (bicyclic) bond motifs is 1. The van der Waals surface area contributed by atoms with Crippen LogP contribution >= 0.6 is 33.9 Å². The Kier molecular flexibility index (Phi) is 11.0. The molecule has 3 aromatic carbocycles. The smallest absolute Gasteiger partial charge is 0.338 e. The van der Waals surface area contributed by atoms with Crippen molar-refractivity contribution < 1.29 is 28.5 Å². The van der Waals surface area contributed by atoms with E-state index in [4.69, 9.17) is 18.9 Å². The molecule has 4 aromatic rings. The molecule has 5 rings (SSSR count). The fraction of sp³-hybridized carbons (Fsp3) is 0.278. The molecule has 47 heavy (non-hydrogen) atoms. The molecule has 0 saturated heterocycles. The molecule has 2 heterocycles. The molecule has 0 radical (unpaired) electrons. The van der Waals surface area contributed by atoms with Crippen LogP contribution < -0.4 is 24.4 Å². The molecule has 9 nitrogen and oxygen atoms in total. The van der Waals surface area contributed by atoms with Gasteiger partial charge in [0.25, 0.3) is 5.56 Å². The molecule has 0 saturated carbocycles. The summed E-state index contributed by atoms with van der Waals surface area (Å²) in [5, 5.41) is 0. The number of allylic oxidation sites excluding steroid dienone is 1. The number of aryl methyl sites for hydroxylation is 1. The van der Waals surface area contributed by atoms with Crippen LogP contribution in [-0.2, 0) is 20.9 Å². The second kappa shape index (κ2) is 15.1. The Morgan fingerprint density at radius 2 is 1.60 bits per heavy atom. The second-order valence-electron chi connectivity index (χ2n) is 10.7. The topological polar surface area (TPSA) is 105 Å².